The molecule has 2 aromatic carbocycles. The number of phenolic OH excluding ortho intramolecular Hbond substituents is 1. The molecule has 0 spiro atoms. The Morgan fingerprint density at radius 3 is 2.59 bits per heavy atom. The van der Waals surface area contributed by atoms with Crippen LogP contribution in [0.5, 0.6) is 5.75 Å². The summed E-state index contributed by atoms with van der Waals surface area (Å²) in [6.45, 7) is 1.40. The van der Waals surface area contributed by atoms with E-state index in [0.29, 0.717) is 35.8 Å². The highest BCUT2D eigenvalue weighted by Crippen LogP contribution is 2.23. The minimum atomic E-state index is -0.231. The van der Waals surface area contributed by atoms with Crippen molar-refractivity contribution in [1.82, 2.24) is 9.80 Å². The molecule has 1 N–H and O–H groups in total. The summed E-state index contributed by atoms with van der Waals surface area (Å²) < 4.78 is 0. The van der Waals surface area contributed by atoms with Crippen molar-refractivity contribution in [2.45, 2.75) is 19.4 Å². The SMILES string of the molecule is CN(Cc1ccccc1O)C(=O)[C@H]1CCCN(C(=O)c2ccc(Cl)cc2)C1. The van der Waals surface area contributed by atoms with Gasteiger partial charge in [0.15, 0.2) is 0 Å². The summed E-state index contributed by atoms with van der Waals surface area (Å²) in [5.41, 5.74) is 1.29. The third-order valence-corrected chi connectivity index (χ3v) is 5.18. The average Bonchev–Trinajstić information content (AvgIpc) is 2.69. The van der Waals surface area contributed by atoms with E-state index in [1.807, 2.05) is 6.07 Å². The van der Waals surface area contributed by atoms with Gasteiger partial charge in [-0.25, -0.2) is 0 Å². The molecule has 27 heavy (non-hydrogen) atoms. The predicted octanol–water partition coefficient (Wildman–Crippen LogP) is 3.56. The van der Waals surface area contributed by atoms with Gasteiger partial charge < -0.3 is 14.9 Å². The molecule has 0 aromatic heterocycles. The fourth-order valence-corrected chi connectivity index (χ4v) is 3.55. The van der Waals surface area contributed by atoms with Crippen molar-refractivity contribution in [2.24, 2.45) is 5.92 Å². The van der Waals surface area contributed by atoms with Crippen molar-refractivity contribution < 1.29 is 14.7 Å². The Morgan fingerprint density at radius 1 is 1.19 bits per heavy atom. The van der Waals surface area contributed by atoms with Gasteiger partial charge in [-0.15, -0.1) is 0 Å². The van der Waals surface area contributed by atoms with E-state index in [2.05, 4.69) is 0 Å². The van der Waals surface area contributed by atoms with Crippen LogP contribution in [-0.4, -0.2) is 46.9 Å². The molecule has 0 bridgehead atoms. The molecule has 2 aromatic rings. The van der Waals surface area contributed by atoms with Gasteiger partial charge >= 0.3 is 0 Å². The smallest absolute Gasteiger partial charge is 0.253 e. The number of para-hydroxylation sites is 1. The molecule has 1 atom stereocenters. The van der Waals surface area contributed by atoms with E-state index in [-0.39, 0.29) is 23.5 Å². The number of rotatable bonds is 4. The van der Waals surface area contributed by atoms with Crippen molar-refractivity contribution in [3.8, 4) is 5.75 Å². The van der Waals surface area contributed by atoms with Crippen molar-refractivity contribution >= 4 is 23.4 Å². The second-order valence-corrected chi connectivity index (χ2v) is 7.36. The zero-order valence-corrected chi connectivity index (χ0v) is 16.0. The molecule has 142 valence electrons. The van der Waals surface area contributed by atoms with Gasteiger partial charge in [-0.2, -0.15) is 0 Å². The van der Waals surface area contributed by atoms with Gasteiger partial charge in [0, 0.05) is 42.8 Å². The number of likely N-dealkylation sites (tertiary alicyclic amines) is 1. The van der Waals surface area contributed by atoms with E-state index in [9.17, 15) is 14.7 Å². The van der Waals surface area contributed by atoms with Gasteiger partial charge in [-0.05, 0) is 43.2 Å². The van der Waals surface area contributed by atoms with Crippen molar-refractivity contribution in [1.29, 1.82) is 0 Å². The Bertz CT molecular complexity index is 822. The van der Waals surface area contributed by atoms with Crippen molar-refractivity contribution in [3.63, 3.8) is 0 Å². The number of piperidine rings is 1. The van der Waals surface area contributed by atoms with Crippen LogP contribution in [0.2, 0.25) is 5.02 Å². The van der Waals surface area contributed by atoms with Gasteiger partial charge in [0.2, 0.25) is 5.91 Å². The molecule has 0 aliphatic carbocycles. The molecule has 1 aliphatic heterocycles. The number of aromatic hydroxyl groups is 1. The highest BCUT2D eigenvalue weighted by Gasteiger charge is 2.30. The Labute approximate surface area is 164 Å². The first kappa shape index (κ1) is 19.2. The molecule has 6 heteroatoms. The molecule has 1 saturated heterocycles. The van der Waals surface area contributed by atoms with E-state index >= 15 is 0 Å². The fraction of sp³-hybridized carbons (Fsp3) is 0.333. The first-order valence-corrected chi connectivity index (χ1v) is 9.40. The van der Waals surface area contributed by atoms with E-state index in [1.54, 1.807) is 59.3 Å². The lowest BCUT2D eigenvalue weighted by Gasteiger charge is -2.34. The first-order chi connectivity index (χ1) is 13.0. The highest BCUT2D eigenvalue weighted by molar-refractivity contribution is 6.30. The summed E-state index contributed by atoms with van der Waals surface area (Å²) in [5, 5.41) is 10.5. The van der Waals surface area contributed by atoms with Crippen LogP contribution >= 0.6 is 11.6 Å². The second kappa shape index (κ2) is 8.44. The van der Waals surface area contributed by atoms with Crippen molar-refractivity contribution in [2.75, 3.05) is 20.1 Å². The molecule has 1 aliphatic rings. The molecule has 3 rings (SSSR count). The summed E-state index contributed by atoms with van der Waals surface area (Å²) in [4.78, 5) is 28.9. The lowest BCUT2D eigenvalue weighted by atomic mass is 9.95. The molecule has 0 unspecified atom stereocenters. The third kappa shape index (κ3) is 4.61. The zero-order chi connectivity index (χ0) is 19.4. The van der Waals surface area contributed by atoms with Gasteiger partial charge in [0.1, 0.15) is 5.75 Å². The summed E-state index contributed by atoms with van der Waals surface area (Å²) in [6, 6.07) is 13.8. The largest absolute Gasteiger partial charge is 0.508 e. The number of halogens is 1. The number of benzene rings is 2. The molecule has 5 nitrogen and oxygen atoms in total. The van der Waals surface area contributed by atoms with Crippen LogP contribution < -0.4 is 0 Å². The van der Waals surface area contributed by atoms with Crippen LogP contribution in [0.15, 0.2) is 48.5 Å². The molecule has 0 saturated carbocycles. The van der Waals surface area contributed by atoms with Crippen LogP contribution in [-0.2, 0) is 11.3 Å². The maximum Gasteiger partial charge on any atom is 0.253 e. The number of carbonyl (C=O) groups is 2. The number of phenols is 1. The van der Waals surface area contributed by atoms with Gasteiger partial charge in [0.25, 0.3) is 5.91 Å². The van der Waals surface area contributed by atoms with Gasteiger partial charge in [-0.1, -0.05) is 29.8 Å². The average molecular weight is 387 g/mol. The van der Waals surface area contributed by atoms with Crippen LogP contribution in [0, 0.1) is 5.92 Å². The number of amides is 2. The monoisotopic (exact) mass is 386 g/mol. The first-order valence-electron chi connectivity index (χ1n) is 9.02. The minimum absolute atomic E-state index is 0.00754. The maximum atomic E-state index is 12.9. The van der Waals surface area contributed by atoms with Crippen LogP contribution in [0.3, 0.4) is 0 Å². The Hall–Kier alpha value is -2.53. The fourth-order valence-electron chi connectivity index (χ4n) is 3.43. The number of carbonyl (C=O) groups excluding carboxylic acids is 2. The Kier molecular flexibility index (Phi) is 6.01. The summed E-state index contributed by atoms with van der Waals surface area (Å²) in [5.74, 6) is -0.134. The van der Waals surface area contributed by atoms with Gasteiger partial charge in [0.05, 0.1) is 5.92 Å². The topological polar surface area (TPSA) is 60.9 Å². The van der Waals surface area contributed by atoms with Crippen LogP contribution in [0.4, 0.5) is 0 Å². The lowest BCUT2D eigenvalue weighted by Crippen LogP contribution is -2.45. The minimum Gasteiger partial charge on any atom is -0.508 e. The molecule has 0 radical (unpaired) electrons. The van der Waals surface area contributed by atoms with E-state index in [1.165, 1.54) is 0 Å². The third-order valence-electron chi connectivity index (χ3n) is 4.92. The normalized spacial score (nSPS) is 16.8. The van der Waals surface area contributed by atoms with Gasteiger partial charge in [-0.3, -0.25) is 9.59 Å². The second-order valence-electron chi connectivity index (χ2n) is 6.92. The molecular formula is C21H23ClN2O3. The van der Waals surface area contributed by atoms with E-state index in [4.69, 9.17) is 11.6 Å². The molecule has 2 amide bonds. The highest BCUT2D eigenvalue weighted by atomic mass is 35.5. The molecular weight excluding hydrogens is 364 g/mol. The summed E-state index contributed by atoms with van der Waals surface area (Å²) >= 11 is 5.89. The number of nitrogens with zero attached hydrogens (tertiary/aromatic N) is 2. The molecule has 1 fully saturated rings. The lowest BCUT2D eigenvalue weighted by molar-refractivity contribution is -0.136. The standard InChI is InChI=1S/C21H23ClN2O3/c1-23(13-16-5-2-3-7-19(16)25)20(26)17-6-4-12-24(14-17)21(27)15-8-10-18(22)11-9-15/h2-3,5,7-11,17,25H,4,6,12-14H2,1H3/t17-/m0/s1. The Morgan fingerprint density at radius 2 is 1.89 bits per heavy atom. The van der Waals surface area contributed by atoms with E-state index in [0.717, 1.165) is 12.8 Å². The maximum absolute atomic E-state index is 12.9. The summed E-state index contributed by atoms with van der Waals surface area (Å²) in [7, 11) is 1.73. The quantitative estimate of drug-likeness (QED) is 0.874. The van der Waals surface area contributed by atoms with E-state index < -0.39 is 0 Å². The van der Waals surface area contributed by atoms with Crippen LogP contribution in [0.25, 0.3) is 0 Å². The Balaban J connectivity index is 1.64. The van der Waals surface area contributed by atoms with Crippen molar-refractivity contribution in [3.05, 3.63) is 64.7 Å². The van der Waals surface area contributed by atoms with Crippen LogP contribution in [0.1, 0.15) is 28.8 Å². The molecule has 1 heterocycles. The zero-order valence-electron chi connectivity index (χ0n) is 15.3. The number of hydrogen-bond acceptors (Lipinski definition) is 3. The number of hydrogen-bond donors (Lipinski definition) is 1. The summed E-state index contributed by atoms with van der Waals surface area (Å²) in [6.07, 6.45) is 1.55. The predicted molar refractivity (Wildman–Crippen MR) is 105 cm³/mol.